The van der Waals surface area contributed by atoms with Crippen LogP contribution in [0.4, 0.5) is 4.79 Å². The van der Waals surface area contributed by atoms with Crippen molar-refractivity contribution in [3.8, 4) is 5.88 Å². The summed E-state index contributed by atoms with van der Waals surface area (Å²) in [4.78, 5) is 53.5. The summed E-state index contributed by atoms with van der Waals surface area (Å²) < 4.78 is 7.70. The van der Waals surface area contributed by atoms with Gasteiger partial charge in [-0.15, -0.1) is 0 Å². The van der Waals surface area contributed by atoms with Gasteiger partial charge in [-0.2, -0.15) is 0 Å². The maximum atomic E-state index is 13.3. The normalized spacial score (nSPS) is 25.8. The second-order valence-electron chi connectivity index (χ2n) is 10.6. The van der Waals surface area contributed by atoms with Gasteiger partial charge in [0.2, 0.25) is 5.88 Å². The summed E-state index contributed by atoms with van der Waals surface area (Å²) in [7, 11) is 0. The fraction of sp³-hybridized carbons (Fsp3) is 0.708. The van der Waals surface area contributed by atoms with E-state index in [1.165, 1.54) is 0 Å². The molecule has 1 spiro atoms. The van der Waals surface area contributed by atoms with Crippen molar-refractivity contribution in [3.05, 3.63) is 26.4 Å². The second-order valence-corrected chi connectivity index (χ2v) is 10.6. The Kier molecular flexibility index (Phi) is 7.00. The number of nitrogens with one attached hydrogen (secondary N) is 2. The average molecular weight is 505 g/mol. The van der Waals surface area contributed by atoms with Crippen LogP contribution >= 0.6 is 0 Å². The second kappa shape index (κ2) is 9.72. The molecule has 1 saturated carbocycles. The van der Waals surface area contributed by atoms with Gasteiger partial charge in [0.05, 0.1) is 0 Å². The van der Waals surface area contributed by atoms with Crippen LogP contribution in [-0.2, 0) is 16.1 Å². The van der Waals surface area contributed by atoms with E-state index in [4.69, 9.17) is 15.9 Å². The summed E-state index contributed by atoms with van der Waals surface area (Å²) >= 11 is 0. The van der Waals surface area contributed by atoms with Crippen LogP contribution in [0.15, 0.2) is 9.59 Å². The van der Waals surface area contributed by atoms with Crippen LogP contribution in [0.25, 0.3) is 0 Å². The van der Waals surface area contributed by atoms with E-state index < -0.39 is 34.5 Å². The van der Waals surface area contributed by atoms with Gasteiger partial charge in [0.25, 0.3) is 11.5 Å². The number of urea groups is 1. The van der Waals surface area contributed by atoms with Crippen LogP contribution < -0.4 is 22.3 Å². The van der Waals surface area contributed by atoms with Gasteiger partial charge in [-0.3, -0.25) is 29.4 Å². The van der Waals surface area contributed by atoms with Crippen molar-refractivity contribution >= 4 is 17.8 Å². The molecular weight excluding hydrogens is 468 g/mol. The molecule has 5 N–H and O–H groups in total. The number of aromatic nitrogens is 2. The van der Waals surface area contributed by atoms with Crippen molar-refractivity contribution < 1.29 is 19.4 Å². The molecule has 12 heteroatoms. The Morgan fingerprint density at radius 3 is 2.39 bits per heavy atom. The lowest BCUT2D eigenvalue weighted by Gasteiger charge is -2.45. The Labute approximate surface area is 208 Å². The summed E-state index contributed by atoms with van der Waals surface area (Å²) in [6.45, 7) is 5.46. The first-order valence-electron chi connectivity index (χ1n) is 12.7. The van der Waals surface area contributed by atoms with E-state index >= 15 is 0 Å². The number of nitrogen functional groups attached to an aromatic ring is 1. The largest absolute Gasteiger partial charge is 0.494 e. The zero-order chi connectivity index (χ0) is 26.3. The summed E-state index contributed by atoms with van der Waals surface area (Å²) in [6.07, 6.45) is 4.56. The highest BCUT2D eigenvalue weighted by Gasteiger charge is 2.55. The zero-order valence-electron chi connectivity index (χ0n) is 21.0. The third kappa shape index (κ3) is 4.31. The number of hydrogen-bond acceptors (Lipinski definition) is 7. The van der Waals surface area contributed by atoms with Crippen molar-refractivity contribution in [2.75, 3.05) is 19.8 Å². The number of rotatable bonds is 7. The first-order valence-corrected chi connectivity index (χ1v) is 12.7. The number of imide groups is 1. The van der Waals surface area contributed by atoms with Gasteiger partial charge in [-0.1, -0.05) is 20.3 Å². The summed E-state index contributed by atoms with van der Waals surface area (Å²) in [5.74, 6) is -1.41. The highest BCUT2D eigenvalue weighted by atomic mass is 16.5. The van der Waals surface area contributed by atoms with Gasteiger partial charge in [-0.05, 0) is 37.5 Å². The lowest BCUT2D eigenvalue weighted by molar-refractivity contribution is -0.132. The fourth-order valence-corrected chi connectivity index (χ4v) is 5.86. The molecule has 1 aliphatic carbocycles. The minimum absolute atomic E-state index is 0.218. The minimum Gasteiger partial charge on any atom is -0.494 e. The van der Waals surface area contributed by atoms with E-state index in [1.807, 2.05) is 6.92 Å². The molecule has 3 heterocycles. The predicted molar refractivity (Wildman–Crippen MR) is 131 cm³/mol. The SMILES string of the molecule is CCCCn1c(O)c(C(=N)N)c(=O)n(C2CCC(C)(CN3C(=O)NC(=O)C34CCOCC4)CC2)c1=O. The molecule has 3 fully saturated rings. The molecule has 2 aliphatic heterocycles. The molecule has 3 aliphatic rings. The molecule has 4 rings (SSSR count). The van der Waals surface area contributed by atoms with Gasteiger partial charge in [-0.25, -0.2) is 9.59 Å². The van der Waals surface area contributed by atoms with Crippen LogP contribution in [0, 0.1) is 10.8 Å². The van der Waals surface area contributed by atoms with E-state index in [0.29, 0.717) is 64.7 Å². The number of amidine groups is 1. The van der Waals surface area contributed by atoms with Crippen molar-refractivity contribution in [2.45, 2.75) is 83.3 Å². The molecule has 1 aromatic heterocycles. The number of hydrogen-bond donors (Lipinski definition) is 4. The first kappa shape index (κ1) is 25.9. The van der Waals surface area contributed by atoms with Crippen LogP contribution in [0.2, 0.25) is 0 Å². The average Bonchev–Trinajstić information content (AvgIpc) is 3.04. The topological polar surface area (TPSA) is 173 Å². The van der Waals surface area contributed by atoms with Crippen molar-refractivity contribution in [2.24, 2.45) is 11.1 Å². The van der Waals surface area contributed by atoms with E-state index in [2.05, 4.69) is 12.2 Å². The van der Waals surface area contributed by atoms with E-state index in [-0.39, 0.29) is 29.5 Å². The number of aromatic hydroxyl groups is 1. The van der Waals surface area contributed by atoms with Gasteiger partial charge in [0, 0.05) is 45.2 Å². The zero-order valence-corrected chi connectivity index (χ0v) is 21.0. The third-order valence-corrected chi connectivity index (χ3v) is 8.15. The summed E-state index contributed by atoms with van der Waals surface area (Å²) in [6, 6.07) is -0.805. The minimum atomic E-state index is -0.882. The number of carbonyl (C=O) groups is 2. The Morgan fingerprint density at radius 2 is 1.81 bits per heavy atom. The molecule has 198 valence electrons. The Balaban J connectivity index is 1.58. The van der Waals surface area contributed by atoms with Crippen molar-refractivity contribution in [3.63, 3.8) is 0 Å². The molecule has 0 bridgehead atoms. The highest BCUT2D eigenvalue weighted by molar-refractivity contribution is 6.07. The number of nitrogens with zero attached hydrogens (tertiary/aromatic N) is 3. The van der Waals surface area contributed by atoms with E-state index in [1.54, 1.807) is 4.90 Å². The number of unbranched alkanes of at least 4 members (excludes halogenated alkanes) is 1. The molecule has 0 aromatic carbocycles. The van der Waals surface area contributed by atoms with Crippen LogP contribution in [0.3, 0.4) is 0 Å². The van der Waals surface area contributed by atoms with Crippen molar-refractivity contribution in [1.29, 1.82) is 5.41 Å². The molecular formula is C24H36N6O6. The van der Waals surface area contributed by atoms with Crippen LogP contribution in [-0.4, -0.2) is 62.2 Å². The standard InChI is InChI=1S/C24H36N6O6/c1-3-4-11-28-18(31)16(17(25)26)19(32)30(22(28)35)15-5-7-23(2,8-6-15)14-29-21(34)27-20(33)24(29)9-12-36-13-10-24/h15,31H,3-14H2,1-2H3,(H3,25,26)(H,27,33,34). The number of carbonyl (C=O) groups excluding carboxylic acids is 2. The number of nitrogens with two attached hydrogens (primary N) is 1. The van der Waals surface area contributed by atoms with Crippen LogP contribution in [0.1, 0.15) is 76.8 Å². The number of ether oxygens (including phenoxy) is 1. The molecule has 0 unspecified atom stereocenters. The van der Waals surface area contributed by atoms with E-state index in [0.717, 1.165) is 15.6 Å². The summed E-state index contributed by atoms with van der Waals surface area (Å²) in [5, 5.41) is 20.8. The maximum absolute atomic E-state index is 13.3. The Bertz CT molecular complexity index is 1170. The predicted octanol–water partition coefficient (Wildman–Crippen LogP) is 1.02. The van der Waals surface area contributed by atoms with Crippen LogP contribution in [0.5, 0.6) is 5.88 Å². The quantitative estimate of drug-likeness (QED) is 0.244. The van der Waals surface area contributed by atoms with Gasteiger partial charge < -0.3 is 20.5 Å². The molecule has 36 heavy (non-hydrogen) atoms. The smallest absolute Gasteiger partial charge is 0.334 e. The fourth-order valence-electron chi connectivity index (χ4n) is 5.86. The molecule has 1 aromatic rings. The third-order valence-electron chi connectivity index (χ3n) is 8.15. The van der Waals surface area contributed by atoms with Gasteiger partial charge >= 0.3 is 11.7 Å². The monoisotopic (exact) mass is 504 g/mol. The maximum Gasteiger partial charge on any atom is 0.334 e. The lowest BCUT2D eigenvalue weighted by Crippen LogP contribution is -2.56. The molecule has 2 saturated heterocycles. The molecule has 3 amide bonds. The summed E-state index contributed by atoms with van der Waals surface area (Å²) in [5.41, 5.74) is 2.70. The first-order chi connectivity index (χ1) is 17.0. The lowest BCUT2D eigenvalue weighted by atomic mass is 9.72. The van der Waals surface area contributed by atoms with E-state index in [9.17, 15) is 24.3 Å². The van der Waals surface area contributed by atoms with Gasteiger partial charge in [0.15, 0.2) is 0 Å². The Morgan fingerprint density at radius 1 is 1.17 bits per heavy atom. The Hall–Kier alpha value is -3.15. The highest BCUT2D eigenvalue weighted by Crippen LogP contribution is 2.43. The molecule has 12 nitrogen and oxygen atoms in total. The van der Waals surface area contributed by atoms with Crippen molar-refractivity contribution in [1.82, 2.24) is 19.4 Å². The molecule has 0 radical (unpaired) electrons. The number of amides is 3. The van der Waals surface area contributed by atoms with Gasteiger partial charge in [0.1, 0.15) is 16.9 Å². The molecule has 0 atom stereocenters.